The molecule has 1 saturated carbocycles. The Morgan fingerprint density at radius 1 is 1.16 bits per heavy atom. The Bertz CT molecular complexity index is 419. The second-order valence-corrected chi connectivity index (χ2v) is 8.83. The van der Waals surface area contributed by atoms with E-state index in [1.54, 1.807) is 0 Å². The van der Waals surface area contributed by atoms with Gasteiger partial charge in [0, 0.05) is 15.8 Å². The monoisotopic (exact) mass is 279 g/mol. The van der Waals surface area contributed by atoms with Crippen LogP contribution in [0.4, 0.5) is 0 Å². The molecule has 2 N–H and O–H groups in total. The van der Waals surface area contributed by atoms with E-state index in [-0.39, 0.29) is 6.04 Å². The van der Waals surface area contributed by atoms with Gasteiger partial charge < -0.3 is 5.73 Å². The zero-order chi connectivity index (χ0) is 14.2. The van der Waals surface area contributed by atoms with Crippen LogP contribution in [0.15, 0.2) is 6.07 Å². The maximum absolute atomic E-state index is 6.55. The van der Waals surface area contributed by atoms with Crippen molar-refractivity contribution in [2.45, 2.75) is 66.3 Å². The number of nitrogens with two attached hydrogens (primary N) is 1. The van der Waals surface area contributed by atoms with E-state index < -0.39 is 0 Å². The summed E-state index contributed by atoms with van der Waals surface area (Å²) in [6.45, 7) is 11.5. The standard InChI is InChI=1S/C17H29NS/c1-11-10-15(12(2)19-11)16(18)13-6-8-14(9-7-13)17(3,4)5/h10,13-14,16H,6-9,18H2,1-5H3. The predicted molar refractivity (Wildman–Crippen MR) is 85.6 cm³/mol. The van der Waals surface area contributed by atoms with Crippen LogP contribution in [0, 0.1) is 31.1 Å². The van der Waals surface area contributed by atoms with Crippen LogP contribution < -0.4 is 5.73 Å². The molecule has 0 aromatic carbocycles. The normalized spacial score (nSPS) is 26.4. The lowest BCUT2D eigenvalue weighted by Gasteiger charge is -2.38. The van der Waals surface area contributed by atoms with Crippen molar-refractivity contribution in [3.8, 4) is 0 Å². The molecule has 1 unspecified atom stereocenters. The average Bonchev–Trinajstić information content (AvgIpc) is 2.66. The molecule has 1 aromatic rings. The van der Waals surface area contributed by atoms with Crippen molar-refractivity contribution in [1.82, 2.24) is 0 Å². The Balaban J connectivity index is 2.00. The molecule has 1 aliphatic rings. The molecule has 1 aromatic heterocycles. The smallest absolute Gasteiger partial charge is 0.0334 e. The fourth-order valence-corrected chi connectivity index (χ4v) is 4.56. The van der Waals surface area contributed by atoms with Crippen LogP contribution in [-0.2, 0) is 0 Å². The first-order valence-electron chi connectivity index (χ1n) is 7.61. The first-order valence-corrected chi connectivity index (χ1v) is 8.43. The van der Waals surface area contributed by atoms with Crippen molar-refractivity contribution in [2.75, 3.05) is 0 Å². The summed E-state index contributed by atoms with van der Waals surface area (Å²) < 4.78 is 0. The van der Waals surface area contributed by atoms with Crippen molar-refractivity contribution in [3.05, 3.63) is 21.4 Å². The van der Waals surface area contributed by atoms with Crippen LogP contribution in [-0.4, -0.2) is 0 Å². The van der Waals surface area contributed by atoms with Gasteiger partial charge in [-0.05, 0) is 68.4 Å². The zero-order valence-electron chi connectivity index (χ0n) is 13.1. The summed E-state index contributed by atoms with van der Waals surface area (Å²) in [5, 5.41) is 0. The van der Waals surface area contributed by atoms with Crippen LogP contribution in [0.3, 0.4) is 0 Å². The fourth-order valence-electron chi connectivity index (χ4n) is 3.58. The maximum Gasteiger partial charge on any atom is 0.0334 e. The van der Waals surface area contributed by atoms with E-state index in [0.29, 0.717) is 11.3 Å². The summed E-state index contributed by atoms with van der Waals surface area (Å²) >= 11 is 1.89. The summed E-state index contributed by atoms with van der Waals surface area (Å²) in [5.74, 6) is 1.56. The second-order valence-electron chi connectivity index (χ2n) is 7.37. The van der Waals surface area contributed by atoms with Crippen molar-refractivity contribution in [2.24, 2.45) is 23.0 Å². The summed E-state index contributed by atoms with van der Waals surface area (Å²) in [4.78, 5) is 2.81. The van der Waals surface area contributed by atoms with E-state index in [2.05, 4.69) is 40.7 Å². The molecule has 0 bridgehead atoms. The summed E-state index contributed by atoms with van der Waals surface area (Å²) in [6.07, 6.45) is 5.31. The number of rotatable bonds is 2. The number of thiophene rings is 1. The van der Waals surface area contributed by atoms with Crippen molar-refractivity contribution < 1.29 is 0 Å². The SMILES string of the molecule is Cc1cc(C(N)C2CCC(C(C)(C)C)CC2)c(C)s1. The molecule has 1 atom stereocenters. The van der Waals surface area contributed by atoms with Crippen LogP contribution in [0.1, 0.15) is 67.8 Å². The maximum atomic E-state index is 6.55. The van der Waals surface area contributed by atoms with Gasteiger partial charge in [0.2, 0.25) is 0 Å². The molecule has 2 rings (SSSR count). The molecular formula is C17H29NS. The van der Waals surface area contributed by atoms with Gasteiger partial charge in [-0.15, -0.1) is 11.3 Å². The molecule has 19 heavy (non-hydrogen) atoms. The largest absolute Gasteiger partial charge is 0.324 e. The molecule has 0 radical (unpaired) electrons. The summed E-state index contributed by atoms with van der Waals surface area (Å²) in [5.41, 5.74) is 8.41. The van der Waals surface area contributed by atoms with E-state index in [0.717, 1.165) is 5.92 Å². The first kappa shape index (κ1) is 15.1. The molecule has 1 nitrogen and oxygen atoms in total. The molecule has 1 fully saturated rings. The molecule has 2 heteroatoms. The Hall–Kier alpha value is -0.340. The molecule has 0 saturated heterocycles. The highest BCUT2D eigenvalue weighted by atomic mass is 32.1. The Morgan fingerprint density at radius 3 is 2.16 bits per heavy atom. The molecule has 0 aliphatic heterocycles. The molecule has 1 aliphatic carbocycles. The third-order valence-corrected chi connectivity index (χ3v) is 5.92. The van der Waals surface area contributed by atoms with E-state index in [1.807, 2.05) is 11.3 Å². The lowest BCUT2D eigenvalue weighted by atomic mass is 9.68. The first-order chi connectivity index (χ1) is 8.79. The van der Waals surface area contributed by atoms with Crippen LogP contribution in [0.5, 0.6) is 0 Å². The Kier molecular flexibility index (Phi) is 4.42. The number of hydrogen-bond donors (Lipinski definition) is 1. The van der Waals surface area contributed by atoms with Gasteiger partial charge in [0.25, 0.3) is 0 Å². The van der Waals surface area contributed by atoms with Crippen molar-refractivity contribution in [3.63, 3.8) is 0 Å². The van der Waals surface area contributed by atoms with Crippen LogP contribution in [0.2, 0.25) is 0 Å². The zero-order valence-corrected chi connectivity index (χ0v) is 13.9. The highest BCUT2D eigenvalue weighted by Crippen LogP contribution is 2.43. The fraction of sp³-hybridized carbons (Fsp3) is 0.765. The third-order valence-electron chi connectivity index (χ3n) is 4.94. The quantitative estimate of drug-likeness (QED) is 0.789. The van der Waals surface area contributed by atoms with Crippen LogP contribution in [0.25, 0.3) is 0 Å². The molecule has 1 heterocycles. The van der Waals surface area contributed by atoms with Gasteiger partial charge in [0.05, 0.1) is 0 Å². The van der Waals surface area contributed by atoms with Crippen LogP contribution >= 0.6 is 11.3 Å². The van der Waals surface area contributed by atoms with E-state index in [4.69, 9.17) is 5.73 Å². The number of hydrogen-bond acceptors (Lipinski definition) is 2. The second kappa shape index (κ2) is 5.57. The lowest BCUT2D eigenvalue weighted by Crippen LogP contribution is -2.30. The summed E-state index contributed by atoms with van der Waals surface area (Å²) in [7, 11) is 0. The van der Waals surface area contributed by atoms with Gasteiger partial charge in [0.15, 0.2) is 0 Å². The van der Waals surface area contributed by atoms with E-state index in [1.165, 1.54) is 41.0 Å². The van der Waals surface area contributed by atoms with Gasteiger partial charge in [-0.25, -0.2) is 0 Å². The topological polar surface area (TPSA) is 26.0 Å². The minimum atomic E-state index is 0.255. The van der Waals surface area contributed by atoms with Crippen molar-refractivity contribution >= 4 is 11.3 Å². The van der Waals surface area contributed by atoms with Gasteiger partial charge in [-0.3, -0.25) is 0 Å². The number of aryl methyl sites for hydroxylation is 2. The van der Waals surface area contributed by atoms with Crippen molar-refractivity contribution in [1.29, 1.82) is 0 Å². The van der Waals surface area contributed by atoms with Gasteiger partial charge >= 0.3 is 0 Å². The van der Waals surface area contributed by atoms with Gasteiger partial charge in [-0.1, -0.05) is 20.8 Å². The van der Waals surface area contributed by atoms with Gasteiger partial charge in [-0.2, -0.15) is 0 Å². The highest BCUT2D eigenvalue weighted by molar-refractivity contribution is 7.12. The molecule has 0 spiro atoms. The minimum absolute atomic E-state index is 0.255. The summed E-state index contributed by atoms with van der Waals surface area (Å²) in [6, 6.07) is 2.56. The molecule has 0 amide bonds. The van der Waals surface area contributed by atoms with E-state index >= 15 is 0 Å². The predicted octanol–water partition coefficient (Wildman–Crippen LogP) is 5.22. The third kappa shape index (κ3) is 3.41. The average molecular weight is 279 g/mol. The molecule has 108 valence electrons. The highest BCUT2D eigenvalue weighted by Gasteiger charge is 2.32. The van der Waals surface area contributed by atoms with E-state index in [9.17, 15) is 0 Å². The minimum Gasteiger partial charge on any atom is -0.324 e. The molecular weight excluding hydrogens is 250 g/mol. The Labute approximate surface area is 122 Å². The van der Waals surface area contributed by atoms with Gasteiger partial charge in [0.1, 0.15) is 0 Å². The lowest BCUT2D eigenvalue weighted by molar-refractivity contribution is 0.139. The Morgan fingerprint density at radius 2 is 1.74 bits per heavy atom.